The maximum Gasteiger partial charge on any atom is 0.223 e. The molecule has 1 aromatic rings. The van der Waals surface area contributed by atoms with Gasteiger partial charge in [0.05, 0.1) is 5.92 Å². The highest BCUT2D eigenvalue weighted by atomic mass is 16.5. The lowest BCUT2D eigenvalue weighted by atomic mass is 10.0. The molecule has 2 saturated heterocycles. The predicted octanol–water partition coefficient (Wildman–Crippen LogP) is -0.121. The zero-order chi connectivity index (χ0) is 15.4. The van der Waals surface area contributed by atoms with E-state index in [0.29, 0.717) is 12.6 Å². The SMILES string of the molecule is NC(=O)[C@H]1CN(c2ccncn2)CCN(C2CCOCC2)C1. The van der Waals surface area contributed by atoms with Crippen molar-refractivity contribution in [2.45, 2.75) is 18.9 Å². The minimum absolute atomic E-state index is 0.180. The van der Waals surface area contributed by atoms with Gasteiger partial charge in [-0.15, -0.1) is 0 Å². The van der Waals surface area contributed by atoms with Crippen molar-refractivity contribution in [3.05, 3.63) is 18.6 Å². The number of hydrogen-bond acceptors (Lipinski definition) is 6. The molecule has 1 amide bonds. The van der Waals surface area contributed by atoms with Crippen LogP contribution in [0.3, 0.4) is 0 Å². The van der Waals surface area contributed by atoms with E-state index in [1.54, 1.807) is 6.20 Å². The van der Waals surface area contributed by atoms with Crippen LogP contribution >= 0.6 is 0 Å². The van der Waals surface area contributed by atoms with Crippen LogP contribution in [0.5, 0.6) is 0 Å². The number of nitrogens with zero attached hydrogens (tertiary/aromatic N) is 4. The van der Waals surface area contributed by atoms with Crippen molar-refractivity contribution in [3.63, 3.8) is 0 Å². The quantitative estimate of drug-likeness (QED) is 0.838. The van der Waals surface area contributed by atoms with Gasteiger partial charge in [0.1, 0.15) is 12.1 Å². The zero-order valence-corrected chi connectivity index (χ0v) is 12.7. The van der Waals surface area contributed by atoms with E-state index in [2.05, 4.69) is 19.8 Å². The Morgan fingerprint density at radius 2 is 2.09 bits per heavy atom. The first-order valence-corrected chi connectivity index (χ1v) is 7.86. The van der Waals surface area contributed by atoms with Crippen LogP contribution in [0, 0.1) is 5.92 Å². The molecule has 0 bridgehead atoms. The van der Waals surface area contributed by atoms with Crippen molar-refractivity contribution < 1.29 is 9.53 Å². The maximum atomic E-state index is 11.8. The number of rotatable bonds is 3. The Morgan fingerprint density at radius 1 is 1.27 bits per heavy atom. The molecule has 22 heavy (non-hydrogen) atoms. The number of ether oxygens (including phenoxy) is 1. The Morgan fingerprint density at radius 3 is 2.77 bits per heavy atom. The summed E-state index contributed by atoms with van der Waals surface area (Å²) in [4.78, 5) is 24.6. The van der Waals surface area contributed by atoms with Gasteiger partial charge in [0.2, 0.25) is 5.91 Å². The van der Waals surface area contributed by atoms with Crippen LogP contribution in [0.2, 0.25) is 0 Å². The van der Waals surface area contributed by atoms with E-state index in [-0.39, 0.29) is 11.8 Å². The number of nitrogens with two attached hydrogens (primary N) is 1. The first kappa shape index (κ1) is 15.2. The molecular weight excluding hydrogens is 282 g/mol. The fourth-order valence-electron chi connectivity index (χ4n) is 3.28. The number of primary amides is 1. The number of hydrogen-bond donors (Lipinski definition) is 1. The summed E-state index contributed by atoms with van der Waals surface area (Å²) >= 11 is 0. The number of anilines is 1. The van der Waals surface area contributed by atoms with Crippen LogP contribution < -0.4 is 10.6 Å². The van der Waals surface area contributed by atoms with Crippen molar-refractivity contribution in [2.24, 2.45) is 11.7 Å². The summed E-state index contributed by atoms with van der Waals surface area (Å²) in [7, 11) is 0. The van der Waals surface area contributed by atoms with Gasteiger partial charge in [-0.2, -0.15) is 0 Å². The van der Waals surface area contributed by atoms with Gasteiger partial charge in [0, 0.05) is 51.6 Å². The Labute approximate surface area is 130 Å². The van der Waals surface area contributed by atoms with Crippen molar-refractivity contribution in [1.29, 1.82) is 0 Å². The van der Waals surface area contributed by atoms with Crippen molar-refractivity contribution in [3.8, 4) is 0 Å². The highest BCUT2D eigenvalue weighted by Gasteiger charge is 2.31. The van der Waals surface area contributed by atoms with Crippen LogP contribution in [-0.4, -0.2) is 66.2 Å². The first-order valence-electron chi connectivity index (χ1n) is 7.86. The van der Waals surface area contributed by atoms with Crippen LogP contribution in [0.15, 0.2) is 18.6 Å². The van der Waals surface area contributed by atoms with Crippen molar-refractivity contribution in [1.82, 2.24) is 14.9 Å². The van der Waals surface area contributed by atoms with Gasteiger partial charge in [-0.3, -0.25) is 9.69 Å². The molecule has 0 aromatic carbocycles. The summed E-state index contributed by atoms with van der Waals surface area (Å²) in [5.41, 5.74) is 5.62. The lowest BCUT2D eigenvalue weighted by Crippen LogP contribution is -2.44. The summed E-state index contributed by atoms with van der Waals surface area (Å²) < 4.78 is 5.44. The monoisotopic (exact) mass is 305 g/mol. The summed E-state index contributed by atoms with van der Waals surface area (Å²) in [5, 5.41) is 0. The van der Waals surface area contributed by atoms with Gasteiger partial charge in [0.15, 0.2) is 0 Å². The minimum atomic E-state index is -0.238. The Bertz CT molecular complexity index is 492. The molecule has 1 atom stereocenters. The summed E-state index contributed by atoms with van der Waals surface area (Å²) in [6, 6.07) is 2.36. The molecule has 120 valence electrons. The second kappa shape index (κ2) is 7.02. The number of carbonyl (C=O) groups excluding carboxylic acids is 1. The highest BCUT2D eigenvalue weighted by molar-refractivity contribution is 5.77. The van der Waals surface area contributed by atoms with E-state index in [1.165, 1.54) is 6.33 Å². The molecule has 0 spiro atoms. The van der Waals surface area contributed by atoms with Gasteiger partial charge >= 0.3 is 0 Å². The topological polar surface area (TPSA) is 84.6 Å². The van der Waals surface area contributed by atoms with Crippen LogP contribution in [0.25, 0.3) is 0 Å². The molecule has 2 aliphatic rings. The van der Waals surface area contributed by atoms with Crippen LogP contribution in [0.4, 0.5) is 5.82 Å². The molecule has 7 nitrogen and oxygen atoms in total. The predicted molar refractivity (Wildman–Crippen MR) is 82.3 cm³/mol. The molecule has 2 fully saturated rings. The molecule has 3 heterocycles. The molecule has 2 aliphatic heterocycles. The largest absolute Gasteiger partial charge is 0.381 e. The molecular formula is C15H23N5O2. The first-order chi connectivity index (χ1) is 10.7. The zero-order valence-electron chi connectivity index (χ0n) is 12.7. The van der Waals surface area contributed by atoms with Crippen molar-refractivity contribution >= 4 is 11.7 Å². The number of carbonyl (C=O) groups is 1. The number of amides is 1. The highest BCUT2D eigenvalue weighted by Crippen LogP contribution is 2.21. The average molecular weight is 305 g/mol. The Kier molecular flexibility index (Phi) is 4.84. The maximum absolute atomic E-state index is 11.8. The molecule has 3 rings (SSSR count). The van der Waals surface area contributed by atoms with E-state index < -0.39 is 0 Å². The lowest BCUT2D eigenvalue weighted by molar-refractivity contribution is -0.122. The molecule has 0 aliphatic carbocycles. The third-order valence-electron chi connectivity index (χ3n) is 4.55. The van der Waals surface area contributed by atoms with E-state index in [4.69, 9.17) is 10.5 Å². The normalized spacial score (nSPS) is 24.9. The minimum Gasteiger partial charge on any atom is -0.381 e. The van der Waals surface area contributed by atoms with Crippen molar-refractivity contribution in [2.75, 3.05) is 44.3 Å². The Hall–Kier alpha value is -1.73. The smallest absolute Gasteiger partial charge is 0.223 e. The third-order valence-corrected chi connectivity index (χ3v) is 4.55. The van der Waals surface area contributed by atoms with Gasteiger partial charge in [-0.1, -0.05) is 0 Å². The van der Waals surface area contributed by atoms with Gasteiger partial charge < -0.3 is 15.4 Å². The summed E-state index contributed by atoms with van der Waals surface area (Å²) in [5.74, 6) is 0.438. The fraction of sp³-hybridized carbons (Fsp3) is 0.667. The van der Waals surface area contributed by atoms with Crippen LogP contribution in [-0.2, 0) is 9.53 Å². The molecule has 1 aromatic heterocycles. The Balaban J connectivity index is 1.74. The molecule has 7 heteroatoms. The second-order valence-electron chi connectivity index (χ2n) is 5.95. The summed E-state index contributed by atoms with van der Waals surface area (Å²) in [6.07, 6.45) is 5.32. The average Bonchev–Trinajstić information content (AvgIpc) is 2.80. The van der Waals surface area contributed by atoms with E-state index in [9.17, 15) is 4.79 Å². The molecule has 0 unspecified atom stereocenters. The molecule has 0 radical (unpaired) electrons. The fourth-order valence-corrected chi connectivity index (χ4v) is 3.28. The standard InChI is InChI=1S/C15H23N5O2/c16-15(21)12-9-19(13-2-7-22-8-3-13)5-6-20(10-12)14-1-4-17-11-18-14/h1,4,11-13H,2-3,5-10H2,(H2,16,21)/t12-/m1/s1. The second-order valence-corrected chi connectivity index (χ2v) is 5.95. The molecule has 0 saturated carbocycles. The molecule has 2 N–H and O–H groups in total. The van der Waals surface area contributed by atoms with E-state index >= 15 is 0 Å². The third kappa shape index (κ3) is 3.53. The summed E-state index contributed by atoms with van der Waals surface area (Å²) in [6.45, 7) is 4.71. The van der Waals surface area contributed by atoms with Crippen LogP contribution in [0.1, 0.15) is 12.8 Å². The van der Waals surface area contributed by atoms with E-state index in [1.807, 2.05) is 6.07 Å². The number of aromatic nitrogens is 2. The van der Waals surface area contributed by atoms with Gasteiger partial charge in [0.25, 0.3) is 0 Å². The van der Waals surface area contributed by atoms with Gasteiger partial charge in [-0.05, 0) is 18.9 Å². The van der Waals surface area contributed by atoms with Gasteiger partial charge in [-0.25, -0.2) is 9.97 Å². The lowest BCUT2D eigenvalue weighted by Gasteiger charge is -2.34. The van der Waals surface area contributed by atoms with E-state index in [0.717, 1.165) is 51.5 Å².